The van der Waals surface area contributed by atoms with E-state index in [0.717, 1.165) is 12.8 Å². The highest BCUT2D eigenvalue weighted by atomic mass is 16.5. The molecule has 2 N–H and O–H groups in total. The van der Waals surface area contributed by atoms with Crippen LogP contribution in [0.1, 0.15) is 23.2 Å². The third-order valence-corrected chi connectivity index (χ3v) is 3.95. The fourth-order valence-corrected chi connectivity index (χ4v) is 2.41. The van der Waals surface area contributed by atoms with Crippen LogP contribution in [0.5, 0.6) is 11.5 Å². The fourth-order valence-electron chi connectivity index (χ4n) is 2.41. The minimum atomic E-state index is -0.289. The number of benzene rings is 2. The third-order valence-electron chi connectivity index (χ3n) is 3.95. The summed E-state index contributed by atoms with van der Waals surface area (Å²) >= 11 is 0. The number of carbonyl (C=O) groups is 2. The van der Waals surface area contributed by atoms with E-state index in [1.807, 2.05) is 0 Å². The van der Waals surface area contributed by atoms with Gasteiger partial charge in [-0.25, -0.2) is 0 Å². The molecule has 6 nitrogen and oxygen atoms in total. The van der Waals surface area contributed by atoms with Crippen molar-refractivity contribution in [3.63, 3.8) is 0 Å². The van der Waals surface area contributed by atoms with Gasteiger partial charge < -0.3 is 20.1 Å². The van der Waals surface area contributed by atoms with E-state index in [4.69, 9.17) is 9.47 Å². The molecular weight excluding hydrogens is 320 g/mol. The van der Waals surface area contributed by atoms with Gasteiger partial charge in [0.15, 0.2) is 0 Å². The normalized spacial score (nSPS) is 13.0. The van der Waals surface area contributed by atoms with E-state index in [1.165, 1.54) is 14.2 Å². The summed E-state index contributed by atoms with van der Waals surface area (Å²) in [6.45, 7) is 0. The van der Waals surface area contributed by atoms with Gasteiger partial charge in [0.2, 0.25) is 5.91 Å². The summed E-state index contributed by atoms with van der Waals surface area (Å²) < 4.78 is 10.4. The van der Waals surface area contributed by atoms with E-state index in [2.05, 4.69) is 10.6 Å². The topological polar surface area (TPSA) is 76.7 Å². The molecule has 130 valence electrons. The van der Waals surface area contributed by atoms with Crippen molar-refractivity contribution in [2.45, 2.75) is 12.8 Å². The number of rotatable bonds is 6. The Labute approximate surface area is 146 Å². The zero-order valence-electron chi connectivity index (χ0n) is 14.2. The molecule has 1 saturated carbocycles. The summed E-state index contributed by atoms with van der Waals surface area (Å²) in [6.07, 6.45) is 1.89. The second-order valence-electron chi connectivity index (χ2n) is 5.90. The first-order valence-corrected chi connectivity index (χ1v) is 8.04. The molecule has 6 heteroatoms. The van der Waals surface area contributed by atoms with Gasteiger partial charge in [-0.3, -0.25) is 9.59 Å². The summed E-state index contributed by atoms with van der Waals surface area (Å²) in [4.78, 5) is 24.3. The Bertz CT molecular complexity index is 778. The lowest BCUT2D eigenvalue weighted by Gasteiger charge is -2.10. The molecule has 0 bridgehead atoms. The van der Waals surface area contributed by atoms with Crippen molar-refractivity contribution in [2.75, 3.05) is 24.9 Å². The van der Waals surface area contributed by atoms with Gasteiger partial charge in [-0.1, -0.05) is 6.07 Å². The van der Waals surface area contributed by atoms with Gasteiger partial charge in [0, 0.05) is 28.9 Å². The van der Waals surface area contributed by atoms with Crippen LogP contribution < -0.4 is 20.1 Å². The number of nitrogens with one attached hydrogen (secondary N) is 2. The van der Waals surface area contributed by atoms with Gasteiger partial charge >= 0.3 is 0 Å². The zero-order valence-corrected chi connectivity index (χ0v) is 14.2. The number of anilines is 2. The lowest BCUT2D eigenvalue weighted by molar-refractivity contribution is -0.117. The number of hydrogen-bond donors (Lipinski definition) is 2. The van der Waals surface area contributed by atoms with E-state index < -0.39 is 0 Å². The summed E-state index contributed by atoms with van der Waals surface area (Å²) in [6, 6.07) is 12.0. The molecule has 0 heterocycles. The van der Waals surface area contributed by atoms with Crippen LogP contribution in [0.3, 0.4) is 0 Å². The second-order valence-corrected chi connectivity index (χ2v) is 5.90. The lowest BCUT2D eigenvalue weighted by atomic mass is 10.1. The molecule has 1 fully saturated rings. The molecule has 1 aliphatic carbocycles. The van der Waals surface area contributed by atoms with Crippen molar-refractivity contribution in [1.29, 1.82) is 0 Å². The van der Waals surface area contributed by atoms with E-state index in [-0.39, 0.29) is 17.7 Å². The molecule has 3 rings (SSSR count). The molecule has 0 aromatic heterocycles. The predicted molar refractivity (Wildman–Crippen MR) is 95.3 cm³/mol. The van der Waals surface area contributed by atoms with Crippen molar-refractivity contribution < 1.29 is 19.1 Å². The fraction of sp³-hybridized carbons (Fsp3) is 0.263. The van der Waals surface area contributed by atoms with Crippen molar-refractivity contribution >= 4 is 23.2 Å². The summed E-state index contributed by atoms with van der Waals surface area (Å²) in [5.74, 6) is 0.941. The molecule has 2 aromatic carbocycles. The van der Waals surface area contributed by atoms with Crippen LogP contribution >= 0.6 is 0 Å². The first-order valence-electron chi connectivity index (χ1n) is 8.04. The number of amides is 2. The van der Waals surface area contributed by atoms with Crippen LogP contribution in [-0.2, 0) is 4.79 Å². The zero-order chi connectivity index (χ0) is 17.8. The molecule has 0 atom stereocenters. The Kier molecular flexibility index (Phi) is 4.88. The number of ether oxygens (including phenoxy) is 2. The highest BCUT2D eigenvalue weighted by molar-refractivity contribution is 6.05. The Hall–Kier alpha value is -3.02. The molecule has 0 saturated heterocycles. The standard InChI is InChI=1S/C19H20N2O4/c1-24-16-8-13(9-17(11-16)25-2)19(23)21-15-5-3-4-14(10-15)20-18(22)12-6-7-12/h3-5,8-12H,6-7H2,1-2H3,(H,20,22)(H,21,23). The molecule has 1 aliphatic rings. The largest absolute Gasteiger partial charge is 0.497 e. The molecule has 0 radical (unpaired) electrons. The van der Waals surface area contributed by atoms with Gasteiger partial charge in [-0.15, -0.1) is 0 Å². The first-order chi connectivity index (χ1) is 12.1. The van der Waals surface area contributed by atoms with Crippen LogP contribution in [-0.4, -0.2) is 26.0 Å². The smallest absolute Gasteiger partial charge is 0.255 e. The Morgan fingerprint density at radius 2 is 1.52 bits per heavy atom. The molecule has 2 aromatic rings. The van der Waals surface area contributed by atoms with Gasteiger partial charge in [-0.2, -0.15) is 0 Å². The maximum absolute atomic E-state index is 12.5. The van der Waals surface area contributed by atoms with Crippen LogP contribution in [0.25, 0.3) is 0 Å². The maximum Gasteiger partial charge on any atom is 0.255 e. The summed E-state index contributed by atoms with van der Waals surface area (Å²) in [7, 11) is 3.06. The van der Waals surface area contributed by atoms with E-state index in [1.54, 1.807) is 42.5 Å². The minimum absolute atomic E-state index is 0.0287. The average molecular weight is 340 g/mol. The van der Waals surface area contributed by atoms with Crippen molar-refractivity contribution in [3.8, 4) is 11.5 Å². The second kappa shape index (κ2) is 7.25. The van der Waals surface area contributed by atoms with Gasteiger partial charge in [-0.05, 0) is 43.2 Å². The van der Waals surface area contributed by atoms with Crippen LogP contribution in [0.2, 0.25) is 0 Å². The van der Waals surface area contributed by atoms with Crippen molar-refractivity contribution in [2.24, 2.45) is 5.92 Å². The summed E-state index contributed by atoms with van der Waals surface area (Å²) in [5.41, 5.74) is 1.68. The Balaban J connectivity index is 1.73. The lowest BCUT2D eigenvalue weighted by Crippen LogP contribution is -2.15. The number of methoxy groups -OCH3 is 2. The monoisotopic (exact) mass is 340 g/mol. The van der Waals surface area contributed by atoms with E-state index >= 15 is 0 Å². The van der Waals surface area contributed by atoms with Crippen molar-refractivity contribution in [3.05, 3.63) is 48.0 Å². The Morgan fingerprint density at radius 3 is 2.08 bits per heavy atom. The molecule has 0 aliphatic heterocycles. The van der Waals surface area contributed by atoms with Gasteiger partial charge in [0.25, 0.3) is 5.91 Å². The van der Waals surface area contributed by atoms with E-state index in [0.29, 0.717) is 28.4 Å². The molecule has 0 unspecified atom stereocenters. The molecule has 2 amide bonds. The molecular formula is C19H20N2O4. The minimum Gasteiger partial charge on any atom is -0.497 e. The van der Waals surface area contributed by atoms with Gasteiger partial charge in [0.1, 0.15) is 11.5 Å². The summed E-state index contributed by atoms with van der Waals surface area (Å²) in [5, 5.41) is 5.68. The predicted octanol–water partition coefficient (Wildman–Crippen LogP) is 3.30. The van der Waals surface area contributed by atoms with Crippen LogP contribution in [0.4, 0.5) is 11.4 Å². The first kappa shape index (κ1) is 16.8. The van der Waals surface area contributed by atoms with Crippen LogP contribution in [0, 0.1) is 5.92 Å². The van der Waals surface area contributed by atoms with E-state index in [9.17, 15) is 9.59 Å². The number of carbonyl (C=O) groups excluding carboxylic acids is 2. The van der Waals surface area contributed by atoms with Crippen LogP contribution in [0.15, 0.2) is 42.5 Å². The highest BCUT2D eigenvalue weighted by Gasteiger charge is 2.29. The van der Waals surface area contributed by atoms with Gasteiger partial charge in [0.05, 0.1) is 14.2 Å². The average Bonchev–Trinajstić information content (AvgIpc) is 3.46. The van der Waals surface area contributed by atoms with Crippen molar-refractivity contribution in [1.82, 2.24) is 0 Å². The Morgan fingerprint density at radius 1 is 0.920 bits per heavy atom. The highest BCUT2D eigenvalue weighted by Crippen LogP contribution is 2.30. The maximum atomic E-state index is 12.5. The third kappa shape index (κ3) is 4.29. The SMILES string of the molecule is COc1cc(OC)cc(C(=O)Nc2cccc(NC(=O)C3CC3)c2)c1. The molecule has 25 heavy (non-hydrogen) atoms. The quantitative estimate of drug-likeness (QED) is 0.846. The number of hydrogen-bond acceptors (Lipinski definition) is 4. The molecule has 0 spiro atoms.